The van der Waals surface area contributed by atoms with E-state index >= 15 is 0 Å². The number of nitrogens with zero attached hydrogens (tertiary/aromatic N) is 2. The summed E-state index contributed by atoms with van der Waals surface area (Å²) in [6, 6.07) is 8.57. The maximum absolute atomic E-state index is 5.59. The number of unbranched alkanes of at least 4 members (excludes halogenated alkanes) is 1. The number of hydrogen-bond donors (Lipinski definition) is 2. The van der Waals surface area contributed by atoms with Crippen molar-refractivity contribution in [3.05, 3.63) is 24.3 Å². The van der Waals surface area contributed by atoms with E-state index in [1.54, 1.807) is 7.11 Å². The molecule has 27 heavy (non-hydrogen) atoms. The SMILES string of the molecule is CCCCOCCN=C(NCC)NC1CCN(c2ccccc2OC)C1.I. The highest BCUT2D eigenvalue weighted by atomic mass is 127. The Kier molecular flexibility index (Phi) is 12.2. The van der Waals surface area contributed by atoms with Crippen LogP contribution in [0.3, 0.4) is 0 Å². The number of benzene rings is 1. The van der Waals surface area contributed by atoms with Gasteiger partial charge in [0.05, 0.1) is 25.9 Å². The molecule has 0 spiro atoms. The van der Waals surface area contributed by atoms with Crippen LogP contribution in [-0.4, -0.2) is 58.5 Å². The Morgan fingerprint density at radius 1 is 1.26 bits per heavy atom. The van der Waals surface area contributed by atoms with E-state index in [9.17, 15) is 0 Å². The topological polar surface area (TPSA) is 58.1 Å². The van der Waals surface area contributed by atoms with Crippen molar-refractivity contribution in [3.63, 3.8) is 0 Å². The van der Waals surface area contributed by atoms with Gasteiger partial charge in [-0.2, -0.15) is 0 Å². The maximum atomic E-state index is 5.59. The normalized spacial score (nSPS) is 16.8. The van der Waals surface area contributed by atoms with Crippen LogP contribution < -0.4 is 20.3 Å². The molecule has 1 fully saturated rings. The molecule has 1 saturated heterocycles. The number of nitrogens with one attached hydrogen (secondary N) is 2. The summed E-state index contributed by atoms with van der Waals surface area (Å²) in [6.45, 7) is 9.25. The average Bonchev–Trinajstić information content (AvgIpc) is 3.13. The Balaban J connectivity index is 0.00000364. The highest BCUT2D eigenvalue weighted by molar-refractivity contribution is 14.0. The minimum absolute atomic E-state index is 0. The Morgan fingerprint density at radius 3 is 2.81 bits per heavy atom. The van der Waals surface area contributed by atoms with E-state index in [2.05, 4.69) is 46.5 Å². The zero-order valence-corrected chi connectivity index (χ0v) is 19.2. The summed E-state index contributed by atoms with van der Waals surface area (Å²) >= 11 is 0. The Morgan fingerprint density at radius 2 is 2.07 bits per heavy atom. The quantitative estimate of drug-likeness (QED) is 0.228. The molecule has 7 heteroatoms. The van der Waals surface area contributed by atoms with Gasteiger partial charge in [-0.25, -0.2) is 0 Å². The molecule has 0 bridgehead atoms. The first-order valence-electron chi connectivity index (χ1n) is 9.79. The standard InChI is InChI=1S/C20H34N4O2.HI/c1-4-6-14-26-15-12-22-20(21-5-2)23-17-11-13-24(16-17)18-9-7-8-10-19(18)25-3;/h7-10,17H,4-6,11-16H2,1-3H3,(H2,21,22,23);1H. The molecular weight excluding hydrogens is 455 g/mol. The largest absolute Gasteiger partial charge is 0.495 e. The van der Waals surface area contributed by atoms with Gasteiger partial charge < -0.3 is 25.0 Å². The summed E-state index contributed by atoms with van der Waals surface area (Å²) in [7, 11) is 1.73. The van der Waals surface area contributed by atoms with Crippen LogP contribution in [0.25, 0.3) is 0 Å². The van der Waals surface area contributed by atoms with Crippen molar-refractivity contribution in [1.82, 2.24) is 10.6 Å². The molecule has 1 unspecified atom stereocenters. The number of ether oxygens (including phenoxy) is 2. The van der Waals surface area contributed by atoms with E-state index in [1.165, 1.54) is 0 Å². The number of methoxy groups -OCH3 is 1. The molecule has 0 amide bonds. The first-order chi connectivity index (χ1) is 12.8. The summed E-state index contributed by atoms with van der Waals surface area (Å²) in [4.78, 5) is 7.00. The predicted molar refractivity (Wildman–Crippen MR) is 124 cm³/mol. The molecule has 1 atom stereocenters. The van der Waals surface area contributed by atoms with Crippen molar-refractivity contribution in [2.45, 2.75) is 39.2 Å². The van der Waals surface area contributed by atoms with Gasteiger partial charge in [0, 0.05) is 32.3 Å². The van der Waals surface area contributed by atoms with Gasteiger partial charge in [-0.05, 0) is 31.9 Å². The highest BCUT2D eigenvalue weighted by Crippen LogP contribution is 2.30. The lowest BCUT2D eigenvalue weighted by molar-refractivity contribution is 0.139. The lowest BCUT2D eigenvalue weighted by atomic mass is 10.2. The van der Waals surface area contributed by atoms with Crippen LogP contribution in [0, 0.1) is 0 Å². The smallest absolute Gasteiger partial charge is 0.191 e. The van der Waals surface area contributed by atoms with E-state index in [4.69, 9.17) is 9.47 Å². The second-order valence-corrected chi connectivity index (χ2v) is 6.47. The van der Waals surface area contributed by atoms with Crippen LogP contribution >= 0.6 is 24.0 Å². The predicted octanol–water partition coefficient (Wildman–Crippen LogP) is 3.26. The second-order valence-electron chi connectivity index (χ2n) is 6.47. The number of rotatable bonds is 10. The van der Waals surface area contributed by atoms with Crippen molar-refractivity contribution in [3.8, 4) is 5.75 Å². The van der Waals surface area contributed by atoms with E-state index in [1.807, 2.05) is 12.1 Å². The van der Waals surface area contributed by atoms with Gasteiger partial charge in [-0.3, -0.25) is 4.99 Å². The molecule has 0 aromatic heterocycles. The van der Waals surface area contributed by atoms with Gasteiger partial charge >= 0.3 is 0 Å². The zero-order chi connectivity index (χ0) is 18.6. The third-order valence-corrected chi connectivity index (χ3v) is 4.45. The summed E-state index contributed by atoms with van der Waals surface area (Å²) in [5, 5.41) is 6.89. The fourth-order valence-electron chi connectivity index (χ4n) is 3.07. The van der Waals surface area contributed by atoms with Crippen LogP contribution in [0.2, 0.25) is 0 Å². The molecule has 2 N–H and O–H groups in total. The molecule has 1 aromatic rings. The first kappa shape index (κ1) is 23.8. The molecule has 0 radical (unpaired) electrons. The van der Waals surface area contributed by atoms with Crippen LogP contribution in [0.1, 0.15) is 33.1 Å². The molecule has 6 nitrogen and oxygen atoms in total. The molecular formula is C20H35IN4O2. The fraction of sp³-hybridized carbons (Fsp3) is 0.650. The Hall–Kier alpha value is -1.22. The van der Waals surface area contributed by atoms with Gasteiger partial charge in [0.25, 0.3) is 0 Å². The van der Waals surface area contributed by atoms with E-state index in [0.717, 1.165) is 62.9 Å². The Bertz CT molecular complexity index is 557. The summed E-state index contributed by atoms with van der Waals surface area (Å²) in [5.74, 6) is 1.80. The minimum atomic E-state index is 0. The summed E-state index contributed by atoms with van der Waals surface area (Å²) in [5.41, 5.74) is 1.16. The van der Waals surface area contributed by atoms with E-state index in [0.29, 0.717) is 19.2 Å². The lowest BCUT2D eigenvalue weighted by Gasteiger charge is -2.22. The van der Waals surface area contributed by atoms with Crippen molar-refractivity contribution >= 4 is 35.6 Å². The van der Waals surface area contributed by atoms with E-state index < -0.39 is 0 Å². The molecule has 1 aliphatic heterocycles. The molecule has 1 aliphatic rings. The van der Waals surface area contributed by atoms with Gasteiger partial charge in [-0.15, -0.1) is 24.0 Å². The monoisotopic (exact) mass is 490 g/mol. The number of guanidine groups is 1. The fourth-order valence-corrected chi connectivity index (χ4v) is 3.07. The number of para-hydroxylation sites is 2. The molecule has 1 aromatic carbocycles. The highest BCUT2D eigenvalue weighted by Gasteiger charge is 2.25. The van der Waals surface area contributed by atoms with Crippen molar-refractivity contribution in [2.75, 3.05) is 51.4 Å². The van der Waals surface area contributed by atoms with Crippen LogP contribution in [-0.2, 0) is 4.74 Å². The average molecular weight is 490 g/mol. The van der Waals surface area contributed by atoms with Crippen molar-refractivity contribution in [2.24, 2.45) is 4.99 Å². The van der Waals surface area contributed by atoms with Crippen LogP contribution in [0.4, 0.5) is 5.69 Å². The molecule has 0 saturated carbocycles. The van der Waals surface area contributed by atoms with Crippen LogP contribution in [0.5, 0.6) is 5.75 Å². The molecule has 1 heterocycles. The van der Waals surface area contributed by atoms with Gasteiger partial charge in [0.15, 0.2) is 5.96 Å². The minimum Gasteiger partial charge on any atom is -0.495 e. The molecule has 154 valence electrons. The molecule has 0 aliphatic carbocycles. The number of anilines is 1. The van der Waals surface area contributed by atoms with Gasteiger partial charge in [-0.1, -0.05) is 25.5 Å². The van der Waals surface area contributed by atoms with E-state index in [-0.39, 0.29) is 24.0 Å². The second kappa shape index (κ2) is 13.9. The first-order valence-corrected chi connectivity index (χ1v) is 9.79. The van der Waals surface area contributed by atoms with Crippen molar-refractivity contribution in [1.29, 1.82) is 0 Å². The van der Waals surface area contributed by atoms with Crippen molar-refractivity contribution < 1.29 is 9.47 Å². The van der Waals surface area contributed by atoms with Crippen LogP contribution in [0.15, 0.2) is 29.3 Å². The number of aliphatic imine (C=N–C) groups is 1. The number of hydrogen-bond acceptors (Lipinski definition) is 4. The third-order valence-electron chi connectivity index (χ3n) is 4.45. The summed E-state index contributed by atoms with van der Waals surface area (Å²) < 4.78 is 11.1. The third kappa shape index (κ3) is 8.13. The Labute approximate surface area is 181 Å². The maximum Gasteiger partial charge on any atom is 0.191 e. The van der Waals surface area contributed by atoms with Gasteiger partial charge in [0.2, 0.25) is 0 Å². The molecule has 2 rings (SSSR count). The van der Waals surface area contributed by atoms with Gasteiger partial charge in [0.1, 0.15) is 5.75 Å². The summed E-state index contributed by atoms with van der Waals surface area (Å²) in [6.07, 6.45) is 3.36. The number of halogens is 1. The lowest BCUT2D eigenvalue weighted by Crippen LogP contribution is -2.44. The zero-order valence-electron chi connectivity index (χ0n) is 16.9.